The van der Waals surface area contributed by atoms with E-state index in [9.17, 15) is 9.90 Å². The summed E-state index contributed by atoms with van der Waals surface area (Å²) in [6.45, 7) is 0. The summed E-state index contributed by atoms with van der Waals surface area (Å²) in [4.78, 5) is 13.3. The van der Waals surface area contributed by atoms with E-state index in [-0.39, 0.29) is 5.78 Å². The van der Waals surface area contributed by atoms with Gasteiger partial charge in [-0.1, -0.05) is 91.0 Å². The number of carbonyl (C=O) groups excluding carboxylic acids is 1. The molecule has 6 rings (SSSR count). The van der Waals surface area contributed by atoms with Gasteiger partial charge >= 0.3 is 0 Å². The SMILES string of the molecule is O=C1c2ccccc2-c2cccc(C3(O)c4ccccc4-c4ccccc43)c21. The molecule has 1 N–H and O–H groups in total. The van der Waals surface area contributed by atoms with Crippen molar-refractivity contribution in [3.05, 3.63) is 119 Å². The summed E-state index contributed by atoms with van der Waals surface area (Å²) in [6, 6.07) is 29.3. The molecule has 2 aliphatic rings. The van der Waals surface area contributed by atoms with Crippen molar-refractivity contribution in [1.29, 1.82) is 0 Å². The molecule has 0 aliphatic heterocycles. The smallest absolute Gasteiger partial charge is 0.194 e. The molecule has 0 saturated heterocycles. The van der Waals surface area contributed by atoms with Gasteiger partial charge in [0.05, 0.1) is 0 Å². The lowest BCUT2D eigenvalue weighted by atomic mass is 9.80. The Hall–Kier alpha value is -3.49. The van der Waals surface area contributed by atoms with E-state index in [2.05, 4.69) is 0 Å². The largest absolute Gasteiger partial charge is 0.376 e. The van der Waals surface area contributed by atoms with Gasteiger partial charge < -0.3 is 5.11 Å². The summed E-state index contributed by atoms with van der Waals surface area (Å²) >= 11 is 0. The maximum Gasteiger partial charge on any atom is 0.194 e. The first-order chi connectivity index (χ1) is 13.7. The molecule has 2 nitrogen and oxygen atoms in total. The molecular formula is C26H16O2. The number of aliphatic hydroxyl groups is 1. The van der Waals surface area contributed by atoms with Gasteiger partial charge in [0.15, 0.2) is 5.78 Å². The van der Waals surface area contributed by atoms with Gasteiger partial charge in [-0.25, -0.2) is 0 Å². The number of hydrogen-bond acceptors (Lipinski definition) is 2. The highest BCUT2D eigenvalue weighted by Crippen LogP contribution is 2.53. The topological polar surface area (TPSA) is 37.3 Å². The first-order valence-electron chi connectivity index (χ1n) is 9.40. The van der Waals surface area contributed by atoms with Gasteiger partial charge in [0.1, 0.15) is 5.60 Å². The average molecular weight is 360 g/mol. The van der Waals surface area contributed by atoms with Crippen LogP contribution in [0.2, 0.25) is 0 Å². The van der Waals surface area contributed by atoms with E-state index in [4.69, 9.17) is 0 Å². The van der Waals surface area contributed by atoms with Gasteiger partial charge in [0, 0.05) is 27.8 Å². The summed E-state index contributed by atoms with van der Waals surface area (Å²) < 4.78 is 0. The molecule has 0 saturated carbocycles. The Morgan fingerprint density at radius 1 is 0.500 bits per heavy atom. The second-order valence-corrected chi connectivity index (χ2v) is 7.40. The van der Waals surface area contributed by atoms with E-state index < -0.39 is 5.60 Å². The van der Waals surface area contributed by atoms with Crippen LogP contribution in [-0.2, 0) is 5.60 Å². The van der Waals surface area contributed by atoms with Crippen molar-refractivity contribution in [2.75, 3.05) is 0 Å². The Labute approximate surface area is 162 Å². The van der Waals surface area contributed by atoms with Crippen LogP contribution in [0.15, 0.2) is 91.0 Å². The highest BCUT2D eigenvalue weighted by Gasteiger charge is 2.46. The zero-order valence-corrected chi connectivity index (χ0v) is 15.0. The number of fused-ring (bicyclic) bond motifs is 6. The minimum atomic E-state index is -1.35. The lowest BCUT2D eigenvalue weighted by Gasteiger charge is -2.28. The molecule has 0 heterocycles. The molecule has 2 aliphatic carbocycles. The zero-order valence-electron chi connectivity index (χ0n) is 15.0. The van der Waals surface area contributed by atoms with Gasteiger partial charge in [-0.2, -0.15) is 0 Å². The fourth-order valence-corrected chi connectivity index (χ4v) is 4.88. The Morgan fingerprint density at radius 2 is 0.964 bits per heavy atom. The standard InChI is InChI=1S/C26H16O2/c27-25-20-11-2-1-8-16(20)19-12-7-15-23(24(19)25)26(28)21-13-5-3-9-17(21)18-10-4-6-14-22(18)26/h1-15,28H. The van der Waals surface area contributed by atoms with Crippen molar-refractivity contribution in [2.45, 2.75) is 5.60 Å². The van der Waals surface area contributed by atoms with Crippen LogP contribution in [-0.4, -0.2) is 10.9 Å². The number of carbonyl (C=O) groups is 1. The van der Waals surface area contributed by atoms with E-state index in [1.165, 1.54) is 0 Å². The van der Waals surface area contributed by atoms with Crippen LogP contribution in [0.25, 0.3) is 22.3 Å². The second-order valence-electron chi connectivity index (χ2n) is 7.40. The minimum Gasteiger partial charge on any atom is -0.376 e. The Kier molecular flexibility index (Phi) is 2.93. The number of rotatable bonds is 1. The first kappa shape index (κ1) is 15.6. The third-order valence-corrected chi connectivity index (χ3v) is 6.07. The summed E-state index contributed by atoms with van der Waals surface area (Å²) in [5.74, 6) is -0.0171. The van der Waals surface area contributed by atoms with Crippen LogP contribution in [0.1, 0.15) is 32.6 Å². The molecule has 0 atom stereocenters. The van der Waals surface area contributed by atoms with Crippen LogP contribution in [0, 0.1) is 0 Å². The highest BCUT2D eigenvalue weighted by atomic mass is 16.3. The molecule has 132 valence electrons. The Bertz CT molecular complexity index is 1250. The molecule has 0 unspecified atom stereocenters. The molecule has 0 spiro atoms. The van der Waals surface area contributed by atoms with Gasteiger partial charge in [-0.3, -0.25) is 4.79 Å². The van der Waals surface area contributed by atoms with Gasteiger partial charge in [0.2, 0.25) is 0 Å². The van der Waals surface area contributed by atoms with Crippen molar-refractivity contribution >= 4 is 5.78 Å². The molecule has 0 radical (unpaired) electrons. The molecular weight excluding hydrogens is 344 g/mol. The number of benzene rings is 4. The van der Waals surface area contributed by atoms with Crippen molar-refractivity contribution in [3.63, 3.8) is 0 Å². The van der Waals surface area contributed by atoms with Crippen molar-refractivity contribution in [2.24, 2.45) is 0 Å². The van der Waals surface area contributed by atoms with Crippen LogP contribution in [0.4, 0.5) is 0 Å². The fourth-order valence-electron chi connectivity index (χ4n) is 4.88. The maximum absolute atomic E-state index is 13.3. The van der Waals surface area contributed by atoms with Crippen LogP contribution >= 0.6 is 0 Å². The maximum atomic E-state index is 13.3. The molecule has 4 aromatic carbocycles. The van der Waals surface area contributed by atoms with Crippen LogP contribution in [0.5, 0.6) is 0 Å². The van der Waals surface area contributed by atoms with Crippen molar-refractivity contribution < 1.29 is 9.90 Å². The highest BCUT2D eigenvalue weighted by molar-refractivity contribution is 6.22. The minimum absolute atomic E-state index is 0.0171. The quantitative estimate of drug-likeness (QED) is 0.448. The molecule has 4 aromatic rings. The van der Waals surface area contributed by atoms with Gasteiger partial charge in [-0.15, -0.1) is 0 Å². The third kappa shape index (κ3) is 1.73. The third-order valence-electron chi connectivity index (χ3n) is 6.07. The van der Waals surface area contributed by atoms with E-state index in [0.29, 0.717) is 16.7 Å². The molecule has 0 aromatic heterocycles. The first-order valence-corrected chi connectivity index (χ1v) is 9.40. The van der Waals surface area contributed by atoms with Gasteiger partial charge in [-0.05, 0) is 22.3 Å². The predicted molar refractivity (Wildman–Crippen MR) is 109 cm³/mol. The predicted octanol–water partition coefficient (Wildman–Crippen LogP) is 5.16. The normalized spacial score (nSPS) is 15.0. The monoisotopic (exact) mass is 360 g/mol. The summed E-state index contributed by atoms with van der Waals surface area (Å²) in [7, 11) is 0. The summed E-state index contributed by atoms with van der Waals surface area (Å²) in [5, 5.41) is 12.2. The van der Waals surface area contributed by atoms with E-state index in [1.807, 2.05) is 91.0 Å². The van der Waals surface area contributed by atoms with Crippen molar-refractivity contribution in [3.8, 4) is 22.3 Å². The van der Waals surface area contributed by atoms with Gasteiger partial charge in [0.25, 0.3) is 0 Å². The Morgan fingerprint density at radius 3 is 1.61 bits per heavy atom. The molecule has 28 heavy (non-hydrogen) atoms. The molecule has 0 amide bonds. The number of hydrogen-bond donors (Lipinski definition) is 1. The van der Waals surface area contributed by atoms with Crippen LogP contribution in [0.3, 0.4) is 0 Å². The lowest BCUT2D eigenvalue weighted by molar-refractivity contribution is 0.102. The summed E-state index contributed by atoms with van der Waals surface area (Å²) in [5.41, 5.74) is 6.13. The molecule has 0 fully saturated rings. The zero-order chi connectivity index (χ0) is 18.9. The average Bonchev–Trinajstić information content (AvgIpc) is 3.20. The molecule has 0 bridgehead atoms. The Balaban J connectivity index is 1.71. The summed E-state index contributed by atoms with van der Waals surface area (Å²) in [6.07, 6.45) is 0. The van der Waals surface area contributed by atoms with E-state index in [1.54, 1.807) is 0 Å². The molecule has 2 heteroatoms. The van der Waals surface area contributed by atoms with Crippen molar-refractivity contribution in [1.82, 2.24) is 0 Å². The van der Waals surface area contributed by atoms with E-state index in [0.717, 1.165) is 33.4 Å². The number of ketones is 1. The van der Waals surface area contributed by atoms with Crippen LogP contribution < -0.4 is 0 Å². The van der Waals surface area contributed by atoms with E-state index >= 15 is 0 Å². The second kappa shape index (κ2) is 5.28. The fraction of sp³-hybridized carbons (Fsp3) is 0.0385. The lowest BCUT2D eigenvalue weighted by Crippen LogP contribution is -2.28.